The smallest absolute Gasteiger partial charge is 0.315 e. The predicted octanol–water partition coefficient (Wildman–Crippen LogP) is 2.63. The third-order valence-electron chi connectivity index (χ3n) is 3.90. The van der Waals surface area contributed by atoms with Gasteiger partial charge in [-0.15, -0.1) is 0 Å². The number of piperidine rings is 1. The van der Waals surface area contributed by atoms with Crippen molar-refractivity contribution in [2.75, 3.05) is 19.6 Å². The highest BCUT2D eigenvalue weighted by molar-refractivity contribution is 5.91. The number of amides is 3. The molecule has 1 aliphatic heterocycles. The van der Waals surface area contributed by atoms with Crippen LogP contribution in [0.15, 0.2) is 28.9 Å². The van der Waals surface area contributed by atoms with Gasteiger partial charge < -0.3 is 20.0 Å². The average Bonchev–Trinajstić information content (AvgIpc) is 3.03. The second-order valence-corrected chi connectivity index (χ2v) is 7.20. The van der Waals surface area contributed by atoms with Crippen LogP contribution in [0.25, 0.3) is 6.08 Å². The maximum absolute atomic E-state index is 12.1. The Balaban J connectivity index is 1.69. The monoisotopic (exact) mass is 333 g/mol. The molecule has 0 saturated carbocycles. The predicted molar refractivity (Wildman–Crippen MR) is 93.3 cm³/mol. The molecular weight excluding hydrogens is 306 g/mol. The van der Waals surface area contributed by atoms with Crippen LogP contribution >= 0.6 is 0 Å². The first-order chi connectivity index (χ1) is 11.3. The van der Waals surface area contributed by atoms with E-state index < -0.39 is 0 Å². The lowest BCUT2D eigenvalue weighted by Gasteiger charge is -2.31. The summed E-state index contributed by atoms with van der Waals surface area (Å²) in [6.45, 7) is 7.93. The summed E-state index contributed by atoms with van der Waals surface area (Å²) in [6.07, 6.45) is 6.62. The molecule has 1 fully saturated rings. The van der Waals surface area contributed by atoms with Gasteiger partial charge in [-0.1, -0.05) is 0 Å². The highest BCUT2D eigenvalue weighted by atomic mass is 16.3. The summed E-state index contributed by atoms with van der Waals surface area (Å²) >= 11 is 0. The summed E-state index contributed by atoms with van der Waals surface area (Å²) in [5, 5.41) is 5.80. The maximum atomic E-state index is 12.1. The van der Waals surface area contributed by atoms with Crippen LogP contribution in [0.3, 0.4) is 0 Å². The molecule has 0 atom stereocenters. The Morgan fingerprint density at radius 2 is 2.04 bits per heavy atom. The minimum absolute atomic E-state index is 0.00304. The first kappa shape index (κ1) is 18.1. The van der Waals surface area contributed by atoms with Gasteiger partial charge in [0.2, 0.25) is 5.91 Å². The zero-order chi connectivity index (χ0) is 17.6. The number of likely N-dealkylation sites (tertiary alicyclic amines) is 1. The number of furan rings is 1. The lowest BCUT2D eigenvalue weighted by atomic mass is 9.96. The number of hydrogen-bond acceptors (Lipinski definition) is 3. The molecule has 0 aromatic carbocycles. The van der Waals surface area contributed by atoms with E-state index in [9.17, 15) is 9.59 Å². The number of nitrogens with zero attached hydrogens (tertiary/aromatic N) is 1. The van der Waals surface area contributed by atoms with Crippen LogP contribution in [-0.2, 0) is 4.79 Å². The Morgan fingerprint density at radius 3 is 2.62 bits per heavy atom. The van der Waals surface area contributed by atoms with Crippen molar-refractivity contribution in [1.29, 1.82) is 0 Å². The molecule has 3 amide bonds. The zero-order valence-electron chi connectivity index (χ0n) is 14.7. The van der Waals surface area contributed by atoms with Crippen molar-refractivity contribution in [1.82, 2.24) is 15.5 Å². The van der Waals surface area contributed by atoms with Crippen LogP contribution in [0.5, 0.6) is 0 Å². The van der Waals surface area contributed by atoms with Crippen molar-refractivity contribution >= 4 is 18.0 Å². The quantitative estimate of drug-likeness (QED) is 0.832. The molecule has 0 spiro atoms. The molecule has 0 unspecified atom stereocenters. The molecule has 132 valence electrons. The van der Waals surface area contributed by atoms with Gasteiger partial charge in [-0.2, -0.15) is 0 Å². The highest BCUT2D eigenvalue weighted by Gasteiger charge is 2.22. The Bertz CT molecular complexity index is 565. The van der Waals surface area contributed by atoms with Crippen molar-refractivity contribution in [3.8, 4) is 0 Å². The third-order valence-corrected chi connectivity index (χ3v) is 3.90. The zero-order valence-corrected chi connectivity index (χ0v) is 14.7. The number of urea groups is 1. The van der Waals surface area contributed by atoms with Gasteiger partial charge in [-0.05, 0) is 57.7 Å². The first-order valence-corrected chi connectivity index (χ1v) is 8.40. The van der Waals surface area contributed by atoms with Crippen LogP contribution in [0.1, 0.15) is 39.4 Å². The molecule has 0 aliphatic carbocycles. The Morgan fingerprint density at radius 1 is 1.33 bits per heavy atom. The number of rotatable bonds is 4. The fourth-order valence-electron chi connectivity index (χ4n) is 2.62. The van der Waals surface area contributed by atoms with Crippen molar-refractivity contribution in [2.24, 2.45) is 5.92 Å². The van der Waals surface area contributed by atoms with E-state index in [0.29, 0.717) is 31.3 Å². The van der Waals surface area contributed by atoms with E-state index in [1.165, 1.54) is 0 Å². The third kappa shape index (κ3) is 6.10. The molecule has 1 aliphatic rings. The minimum Gasteiger partial charge on any atom is -0.465 e. The number of nitrogens with one attached hydrogen (secondary N) is 2. The average molecular weight is 333 g/mol. The summed E-state index contributed by atoms with van der Waals surface area (Å²) in [5.74, 6) is 1.09. The summed E-state index contributed by atoms with van der Waals surface area (Å²) in [4.78, 5) is 25.7. The van der Waals surface area contributed by atoms with E-state index in [0.717, 1.165) is 12.8 Å². The largest absolute Gasteiger partial charge is 0.465 e. The molecule has 6 nitrogen and oxygen atoms in total. The molecule has 1 aromatic heterocycles. The van der Waals surface area contributed by atoms with E-state index in [1.807, 2.05) is 31.7 Å². The van der Waals surface area contributed by atoms with Crippen LogP contribution < -0.4 is 10.6 Å². The summed E-state index contributed by atoms with van der Waals surface area (Å²) < 4.78 is 5.17. The van der Waals surface area contributed by atoms with Gasteiger partial charge in [0.15, 0.2) is 0 Å². The standard InChI is InChI=1S/C18H27N3O3/c1-18(2,3)20-17(23)19-13-14-8-10-21(11-9-14)16(22)7-6-15-5-4-12-24-15/h4-7,12,14H,8-11,13H2,1-3H3,(H2,19,20,23)/b7-6+. The van der Waals surface area contributed by atoms with E-state index >= 15 is 0 Å². The molecule has 1 saturated heterocycles. The normalized spacial score (nSPS) is 16.4. The van der Waals surface area contributed by atoms with Crippen LogP contribution in [-0.4, -0.2) is 42.0 Å². The Kier molecular flexibility index (Phi) is 6.06. The lowest BCUT2D eigenvalue weighted by Crippen LogP contribution is -2.48. The van der Waals surface area contributed by atoms with E-state index in [-0.39, 0.29) is 17.5 Å². The van der Waals surface area contributed by atoms with Crippen LogP contribution in [0.2, 0.25) is 0 Å². The Labute approximate surface area is 143 Å². The van der Waals surface area contributed by atoms with Crippen molar-refractivity contribution in [3.05, 3.63) is 30.2 Å². The second kappa shape index (κ2) is 8.04. The van der Waals surface area contributed by atoms with Gasteiger partial charge in [0.1, 0.15) is 5.76 Å². The number of carbonyl (C=O) groups is 2. The molecule has 2 heterocycles. The van der Waals surface area contributed by atoms with Crippen LogP contribution in [0.4, 0.5) is 4.79 Å². The fourth-order valence-corrected chi connectivity index (χ4v) is 2.62. The van der Waals surface area contributed by atoms with E-state index in [4.69, 9.17) is 4.42 Å². The van der Waals surface area contributed by atoms with Gasteiger partial charge in [0, 0.05) is 31.2 Å². The van der Waals surface area contributed by atoms with Gasteiger partial charge >= 0.3 is 6.03 Å². The van der Waals surface area contributed by atoms with Gasteiger partial charge in [0.05, 0.1) is 6.26 Å². The maximum Gasteiger partial charge on any atom is 0.315 e. The van der Waals surface area contributed by atoms with E-state index in [2.05, 4.69) is 10.6 Å². The molecule has 6 heteroatoms. The van der Waals surface area contributed by atoms with Gasteiger partial charge in [0.25, 0.3) is 0 Å². The Hall–Kier alpha value is -2.24. The summed E-state index contributed by atoms with van der Waals surface area (Å²) in [7, 11) is 0. The lowest BCUT2D eigenvalue weighted by molar-refractivity contribution is -0.127. The topological polar surface area (TPSA) is 74.6 Å². The SMILES string of the molecule is CC(C)(C)NC(=O)NCC1CCN(C(=O)/C=C/c2ccco2)CC1. The molecular formula is C18H27N3O3. The van der Waals surface area contributed by atoms with Crippen molar-refractivity contribution in [2.45, 2.75) is 39.2 Å². The molecule has 1 aromatic rings. The van der Waals surface area contributed by atoms with Crippen LogP contribution in [0, 0.1) is 5.92 Å². The van der Waals surface area contributed by atoms with E-state index in [1.54, 1.807) is 24.5 Å². The first-order valence-electron chi connectivity index (χ1n) is 8.40. The summed E-state index contributed by atoms with van der Waals surface area (Å²) in [5.41, 5.74) is -0.236. The molecule has 2 N–H and O–H groups in total. The highest BCUT2D eigenvalue weighted by Crippen LogP contribution is 2.17. The number of carbonyl (C=O) groups excluding carboxylic acids is 2. The van der Waals surface area contributed by atoms with Gasteiger partial charge in [-0.25, -0.2) is 4.79 Å². The second-order valence-electron chi connectivity index (χ2n) is 7.20. The fraction of sp³-hybridized carbons (Fsp3) is 0.556. The van der Waals surface area contributed by atoms with Gasteiger partial charge in [-0.3, -0.25) is 4.79 Å². The minimum atomic E-state index is -0.236. The van der Waals surface area contributed by atoms with Crippen molar-refractivity contribution in [3.63, 3.8) is 0 Å². The molecule has 24 heavy (non-hydrogen) atoms. The summed E-state index contributed by atoms with van der Waals surface area (Å²) in [6, 6.07) is 3.46. The van der Waals surface area contributed by atoms with Crippen molar-refractivity contribution < 1.29 is 14.0 Å². The molecule has 0 radical (unpaired) electrons. The molecule has 0 bridgehead atoms. The number of hydrogen-bond donors (Lipinski definition) is 2. The molecule has 2 rings (SSSR count).